The Kier molecular flexibility index (Phi) is 2.63. The molecule has 3 heterocycles. The molecule has 0 aliphatic carbocycles. The highest BCUT2D eigenvalue weighted by molar-refractivity contribution is 5.90. The van der Waals surface area contributed by atoms with Gasteiger partial charge in [-0.1, -0.05) is 18.2 Å². The summed E-state index contributed by atoms with van der Waals surface area (Å²) >= 11 is 0. The summed E-state index contributed by atoms with van der Waals surface area (Å²) in [4.78, 5) is 20.8. The van der Waals surface area contributed by atoms with Crippen molar-refractivity contribution >= 4 is 21.8 Å². The van der Waals surface area contributed by atoms with Gasteiger partial charge in [-0.25, -0.2) is 9.97 Å². The van der Waals surface area contributed by atoms with E-state index in [0.29, 0.717) is 0 Å². The molecule has 0 atom stereocenters. The fraction of sp³-hybridized carbons (Fsp3) is 0.118. The van der Waals surface area contributed by atoms with E-state index in [-0.39, 0.29) is 5.56 Å². The number of rotatable bonds is 1. The maximum atomic E-state index is 12.5. The number of pyridine rings is 1. The van der Waals surface area contributed by atoms with Gasteiger partial charge in [-0.05, 0) is 13.0 Å². The lowest BCUT2D eigenvalue weighted by Crippen LogP contribution is -2.22. The maximum absolute atomic E-state index is 12.5. The maximum Gasteiger partial charge on any atom is 0.255 e. The molecule has 0 saturated carbocycles. The zero-order chi connectivity index (χ0) is 15.3. The van der Waals surface area contributed by atoms with Gasteiger partial charge in [0.1, 0.15) is 6.33 Å². The molecular weight excluding hydrogens is 276 g/mol. The third-order valence-electron chi connectivity index (χ3n) is 4.07. The van der Waals surface area contributed by atoms with Crippen molar-refractivity contribution in [3.8, 4) is 5.69 Å². The number of nitrogens with zero attached hydrogens (tertiary/aromatic N) is 4. The van der Waals surface area contributed by atoms with Crippen LogP contribution < -0.4 is 5.56 Å². The molecule has 108 valence electrons. The van der Waals surface area contributed by atoms with Gasteiger partial charge in [-0.2, -0.15) is 0 Å². The molecule has 1 aromatic carbocycles. The Balaban J connectivity index is 2.16. The summed E-state index contributed by atoms with van der Waals surface area (Å²) in [5, 5.41) is 1.99. The first-order valence-electron chi connectivity index (χ1n) is 7.03. The highest BCUT2D eigenvalue weighted by Gasteiger charge is 2.14. The van der Waals surface area contributed by atoms with Gasteiger partial charge in [0.15, 0.2) is 0 Å². The van der Waals surface area contributed by atoms with E-state index in [1.807, 2.05) is 48.1 Å². The van der Waals surface area contributed by atoms with Gasteiger partial charge in [-0.3, -0.25) is 4.79 Å². The molecule has 0 spiro atoms. The molecule has 0 bridgehead atoms. The minimum absolute atomic E-state index is 0.0116. The Morgan fingerprint density at radius 2 is 1.95 bits per heavy atom. The molecule has 3 aromatic heterocycles. The van der Waals surface area contributed by atoms with Gasteiger partial charge >= 0.3 is 0 Å². The Bertz CT molecular complexity index is 1040. The lowest BCUT2D eigenvalue weighted by Gasteiger charge is -2.14. The van der Waals surface area contributed by atoms with Crippen molar-refractivity contribution in [2.24, 2.45) is 7.05 Å². The molecule has 0 radical (unpaired) electrons. The van der Waals surface area contributed by atoms with Crippen molar-refractivity contribution in [3.05, 3.63) is 65.1 Å². The summed E-state index contributed by atoms with van der Waals surface area (Å²) in [6, 6.07) is 7.92. The van der Waals surface area contributed by atoms with E-state index in [1.165, 1.54) is 6.33 Å². The van der Waals surface area contributed by atoms with Crippen molar-refractivity contribution in [2.45, 2.75) is 6.92 Å². The molecule has 0 amide bonds. The largest absolute Gasteiger partial charge is 0.320 e. The molecule has 0 aliphatic heterocycles. The number of hydrogen-bond acceptors (Lipinski definition) is 3. The van der Waals surface area contributed by atoms with E-state index in [1.54, 1.807) is 17.8 Å². The van der Waals surface area contributed by atoms with E-state index in [2.05, 4.69) is 9.97 Å². The first-order valence-corrected chi connectivity index (χ1v) is 7.03. The second-order valence-electron chi connectivity index (χ2n) is 5.38. The van der Waals surface area contributed by atoms with E-state index < -0.39 is 0 Å². The zero-order valence-electron chi connectivity index (χ0n) is 12.3. The lowest BCUT2D eigenvalue weighted by molar-refractivity contribution is 0.883. The van der Waals surface area contributed by atoms with Crippen LogP contribution >= 0.6 is 0 Å². The second kappa shape index (κ2) is 4.53. The van der Waals surface area contributed by atoms with Crippen LogP contribution in [-0.2, 0) is 7.05 Å². The average molecular weight is 290 g/mol. The summed E-state index contributed by atoms with van der Waals surface area (Å²) in [6.45, 7) is 1.86. The number of benzene rings is 1. The third kappa shape index (κ3) is 1.69. The molecule has 0 N–H and O–H groups in total. The number of aromatic nitrogens is 4. The molecule has 5 nitrogen and oxygen atoms in total. The van der Waals surface area contributed by atoms with Gasteiger partial charge in [0.2, 0.25) is 0 Å². The van der Waals surface area contributed by atoms with Gasteiger partial charge in [0, 0.05) is 42.0 Å². The Hall–Kier alpha value is -2.95. The fourth-order valence-corrected chi connectivity index (χ4v) is 2.97. The van der Waals surface area contributed by atoms with Crippen molar-refractivity contribution in [3.63, 3.8) is 0 Å². The first-order chi connectivity index (χ1) is 10.7. The minimum atomic E-state index is 0.0116. The van der Waals surface area contributed by atoms with Crippen LogP contribution in [0.3, 0.4) is 0 Å². The van der Waals surface area contributed by atoms with Crippen molar-refractivity contribution < 1.29 is 0 Å². The number of hydrogen-bond donors (Lipinski definition) is 0. The SMILES string of the molecule is Cc1c(-n2cc3cncnc3c2)c2ccccc2n(C)c1=O. The molecule has 5 heteroatoms. The van der Waals surface area contributed by atoms with Crippen molar-refractivity contribution in [2.75, 3.05) is 0 Å². The Morgan fingerprint density at radius 1 is 1.14 bits per heavy atom. The van der Waals surface area contributed by atoms with Crippen molar-refractivity contribution in [1.82, 2.24) is 19.1 Å². The van der Waals surface area contributed by atoms with Crippen LogP contribution in [-0.4, -0.2) is 19.1 Å². The monoisotopic (exact) mass is 290 g/mol. The van der Waals surface area contributed by atoms with Crippen molar-refractivity contribution in [1.29, 1.82) is 0 Å². The van der Waals surface area contributed by atoms with Crippen LogP contribution in [0.5, 0.6) is 0 Å². The molecule has 4 aromatic rings. The summed E-state index contributed by atoms with van der Waals surface area (Å²) < 4.78 is 3.66. The van der Waals surface area contributed by atoms with Gasteiger partial charge in [0.05, 0.1) is 16.7 Å². The standard InChI is InChI=1S/C17H14N4O/c1-11-16(21-8-12-7-18-10-19-14(12)9-21)13-5-3-4-6-15(13)20(2)17(11)22/h3-10H,1-2H3. The molecular formula is C17H14N4O. The summed E-state index contributed by atoms with van der Waals surface area (Å²) in [6.07, 6.45) is 7.20. The highest BCUT2D eigenvalue weighted by atomic mass is 16.1. The molecule has 22 heavy (non-hydrogen) atoms. The Morgan fingerprint density at radius 3 is 2.77 bits per heavy atom. The van der Waals surface area contributed by atoms with E-state index in [0.717, 1.165) is 33.1 Å². The fourth-order valence-electron chi connectivity index (χ4n) is 2.97. The third-order valence-corrected chi connectivity index (χ3v) is 4.07. The average Bonchev–Trinajstić information content (AvgIpc) is 2.96. The van der Waals surface area contributed by atoms with Crippen LogP contribution in [0.2, 0.25) is 0 Å². The topological polar surface area (TPSA) is 52.7 Å². The number of para-hydroxylation sites is 1. The second-order valence-corrected chi connectivity index (χ2v) is 5.38. The molecule has 0 saturated heterocycles. The normalized spacial score (nSPS) is 11.4. The van der Waals surface area contributed by atoms with Crippen LogP contribution in [0.25, 0.3) is 27.5 Å². The van der Waals surface area contributed by atoms with Gasteiger partial charge < -0.3 is 9.13 Å². The lowest BCUT2D eigenvalue weighted by atomic mass is 10.1. The molecule has 0 aliphatic rings. The van der Waals surface area contributed by atoms with Gasteiger partial charge in [-0.15, -0.1) is 0 Å². The number of fused-ring (bicyclic) bond motifs is 2. The summed E-state index contributed by atoms with van der Waals surface area (Å²) in [7, 11) is 1.80. The summed E-state index contributed by atoms with van der Waals surface area (Å²) in [5.41, 5.74) is 3.40. The quantitative estimate of drug-likeness (QED) is 0.541. The predicted molar refractivity (Wildman–Crippen MR) is 86.3 cm³/mol. The van der Waals surface area contributed by atoms with Crippen LogP contribution in [0.1, 0.15) is 5.56 Å². The van der Waals surface area contributed by atoms with E-state index in [9.17, 15) is 4.79 Å². The molecule has 0 unspecified atom stereocenters. The van der Waals surface area contributed by atoms with Crippen LogP contribution in [0, 0.1) is 6.92 Å². The Labute approximate surface area is 126 Å². The zero-order valence-corrected chi connectivity index (χ0v) is 12.3. The van der Waals surface area contributed by atoms with E-state index in [4.69, 9.17) is 0 Å². The highest BCUT2D eigenvalue weighted by Crippen LogP contribution is 2.25. The predicted octanol–water partition coefficient (Wildman–Crippen LogP) is 2.58. The van der Waals surface area contributed by atoms with Crippen LogP contribution in [0.4, 0.5) is 0 Å². The summed E-state index contributed by atoms with van der Waals surface area (Å²) in [5.74, 6) is 0. The smallest absolute Gasteiger partial charge is 0.255 e. The minimum Gasteiger partial charge on any atom is -0.320 e. The van der Waals surface area contributed by atoms with E-state index >= 15 is 0 Å². The van der Waals surface area contributed by atoms with Gasteiger partial charge in [0.25, 0.3) is 5.56 Å². The van der Waals surface area contributed by atoms with Crippen LogP contribution in [0.15, 0.2) is 54.0 Å². The molecule has 4 rings (SSSR count). The molecule has 0 fully saturated rings. The first kappa shape index (κ1) is 12.8. The number of aryl methyl sites for hydroxylation is 1.